The van der Waals surface area contributed by atoms with Crippen LogP contribution in [-0.4, -0.2) is 89.0 Å². The molecule has 0 saturated carbocycles. The Morgan fingerprint density at radius 3 is 1.40 bits per heavy atom. The van der Waals surface area contributed by atoms with Crippen LogP contribution in [0.2, 0.25) is 0 Å². The van der Waals surface area contributed by atoms with Gasteiger partial charge in [-0.1, -0.05) is 177 Å². The van der Waals surface area contributed by atoms with E-state index in [1.54, 1.807) is 0 Å². The first-order valence-electron chi connectivity index (χ1n) is 25.4. The summed E-state index contributed by atoms with van der Waals surface area (Å²) in [6, 6.07) is 0. The van der Waals surface area contributed by atoms with Crippen molar-refractivity contribution >= 4 is 11.9 Å². The van der Waals surface area contributed by atoms with E-state index in [4.69, 9.17) is 18.9 Å². The lowest BCUT2D eigenvalue weighted by Gasteiger charge is -2.39. The van der Waals surface area contributed by atoms with Crippen molar-refractivity contribution < 1.29 is 49.0 Å². The van der Waals surface area contributed by atoms with Crippen LogP contribution >= 0.6 is 0 Å². The Kier molecular flexibility index (Phi) is 40.2. The number of carbonyl (C=O) groups excluding carboxylic acids is 2. The Balaban J connectivity index is 2.33. The molecule has 4 N–H and O–H groups in total. The second kappa shape index (κ2) is 43.3. The van der Waals surface area contributed by atoms with Gasteiger partial charge < -0.3 is 39.4 Å². The van der Waals surface area contributed by atoms with Gasteiger partial charge in [-0.2, -0.15) is 0 Å². The van der Waals surface area contributed by atoms with Gasteiger partial charge in [-0.25, -0.2) is 0 Å². The van der Waals surface area contributed by atoms with Crippen LogP contribution in [0.4, 0.5) is 0 Å². The summed E-state index contributed by atoms with van der Waals surface area (Å²) in [4.78, 5) is 25.4. The lowest BCUT2D eigenvalue weighted by molar-refractivity contribution is -0.305. The Hall–Kier alpha value is -2.60. The van der Waals surface area contributed by atoms with Gasteiger partial charge in [-0.3, -0.25) is 9.59 Å². The van der Waals surface area contributed by atoms with E-state index < -0.39 is 55.4 Å². The largest absolute Gasteiger partial charge is 0.462 e. The molecule has 0 amide bonds. The molecule has 1 aliphatic heterocycles. The number of rotatable bonds is 42. The zero-order chi connectivity index (χ0) is 45.9. The number of aliphatic hydroxyl groups is 4. The van der Waals surface area contributed by atoms with E-state index in [0.717, 1.165) is 51.4 Å². The molecule has 1 heterocycles. The minimum atomic E-state index is -1.61. The molecule has 10 heteroatoms. The number of esters is 2. The minimum Gasteiger partial charge on any atom is -0.462 e. The lowest BCUT2D eigenvalue weighted by atomic mass is 9.99. The lowest BCUT2D eigenvalue weighted by Crippen LogP contribution is -2.59. The van der Waals surface area contributed by atoms with Gasteiger partial charge in [-0.05, 0) is 77.0 Å². The Morgan fingerprint density at radius 1 is 0.492 bits per heavy atom. The maximum Gasteiger partial charge on any atom is 0.306 e. The molecule has 1 saturated heterocycles. The highest BCUT2D eigenvalue weighted by Gasteiger charge is 2.44. The van der Waals surface area contributed by atoms with Crippen molar-refractivity contribution in [1.29, 1.82) is 0 Å². The van der Waals surface area contributed by atoms with Crippen LogP contribution in [-0.2, 0) is 28.5 Å². The van der Waals surface area contributed by atoms with Crippen molar-refractivity contribution in [2.24, 2.45) is 0 Å². The number of carbonyl (C=O) groups is 2. The second-order valence-corrected chi connectivity index (χ2v) is 17.3. The van der Waals surface area contributed by atoms with Crippen molar-refractivity contribution in [2.75, 3.05) is 19.8 Å². The van der Waals surface area contributed by atoms with Gasteiger partial charge in [0.25, 0.3) is 0 Å². The smallest absolute Gasteiger partial charge is 0.306 e. The third-order valence-corrected chi connectivity index (χ3v) is 11.4. The fraction of sp³-hybridized carbons (Fsp3) is 0.774. The molecule has 0 aromatic heterocycles. The van der Waals surface area contributed by atoms with Crippen molar-refractivity contribution in [2.45, 2.75) is 243 Å². The zero-order valence-electron chi connectivity index (χ0n) is 39.8. The molecule has 1 fully saturated rings. The molecule has 6 atom stereocenters. The van der Waals surface area contributed by atoms with Gasteiger partial charge in [0.1, 0.15) is 31.0 Å². The van der Waals surface area contributed by atoms with E-state index >= 15 is 0 Å². The number of allylic oxidation sites excluding steroid dienone is 10. The summed E-state index contributed by atoms with van der Waals surface area (Å²) in [5, 5.41) is 40.2. The summed E-state index contributed by atoms with van der Waals surface area (Å²) in [5.41, 5.74) is 0. The summed E-state index contributed by atoms with van der Waals surface area (Å²) >= 11 is 0. The van der Waals surface area contributed by atoms with E-state index in [-0.39, 0.29) is 26.1 Å². The van der Waals surface area contributed by atoms with Crippen molar-refractivity contribution in [3.63, 3.8) is 0 Å². The Bertz CT molecular complexity index is 1210. The molecule has 0 aromatic rings. The summed E-state index contributed by atoms with van der Waals surface area (Å²) < 4.78 is 22.2. The van der Waals surface area contributed by atoms with Crippen LogP contribution in [0.3, 0.4) is 0 Å². The summed E-state index contributed by atoms with van der Waals surface area (Å²) in [6.45, 7) is 3.37. The Labute approximate surface area is 383 Å². The van der Waals surface area contributed by atoms with Crippen molar-refractivity contribution in [1.82, 2.24) is 0 Å². The van der Waals surface area contributed by atoms with Crippen molar-refractivity contribution in [3.05, 3.63) is 60.8 Å². The van der Waals surface area contributed by atoms with E-state index in [0.29, 0.717) is 12.8 Å². The molecule has 364 valence electrons. The predicted octanol–water partition coefficient (Wildman–Crippen LogP) is 11.8. The zero-order valence-corrected chi connectivity index (χ0v) is 39.8. The standard InChI is InChI=1S/C53H92O10/c1-3-5-7-9-11-13-15-17-19-21-22-23-24-26-27-29-31-33-35-37-39-41-48(55)60-44-46(45-61-53-52(59)51(58)50(57)47(43-54)63-53)62-49(56)42-40-38-36-34-32-30-28-25-20-18-16-14-12-10-8-6-4-2/h18-21,23-24,27,29,33,35,46-47,50-54,57-59H,3-17,22,25-26,28,30-32,34,36-45H2,1-2H3/b20-18+,21-19+,24-23+,29-27+,35-33+/t46-,47-,50+,51?,52?,53-/m0/s1. The average Bonchev–Trinajstić information content (AvgIpc) is 3.28. The SMILES string of the molecule is CCCCCCCC/C=C/CCCCCCCCCC(=O)O[C@@H](COC(=O)CCC/C=C/C/C=C/C/C=C/C/C=C/CCCCCCCCC)CO[C@H]1O[C@@H](CO)[C@@H](O)C(O)C1O. The molecule has 0 bridgehead atoms. The van der Waals surface area contributed by atoms with E-state index in [2.05, 4.69) is 74.6 Å². The molecule has 2 unspecified atom stereocenters. The molecular formula is C53H92O10. The van der Waals surface area contributed by atoms with E-state index in [1.807, 2.05) is 0 Å². The average molecular weight is 889 g/mol. The summed E-state index contributed by atoms with van der Waals surface area (Å²) in [6.07, 6.45) is 46.6. The number of ether oxygens (including phenoxy) is 4. The van der Waals surface area contributed by atoms with Crippen LogP contribution in [0.25, 0.3) is 0 Å². The maximum absolute atomic E-state index is 12.8. The first-order chi connectivity index (χ1) is 30.8. The fourth-order valence-electron chi connectivity index (χ4n) is 7.35. The third kappa shape index (κ3) is 34.4. The monoisotopic (exact) mass is 889 g/mol. The first-order valence-corrected chi connectivity index (χ1v) is 25.4. The molecule has 63 heavy (non-hydrogen) atoms. The quantitative estimate of drug-likeness (QED) is 0.0265. The highest BCUT2D eigenvalue weighted by molar-refractivity contribution is 5.70. The molecule has 0 aliphatic carbocycles. The van der Waals surface area contributed by atoms with Gasteiger partial charge in [-0.15, -0.1) is 0 Å². The Morgan fingerprint density at radius 2 is 0.905 bits per heavy atom. The van der Waals surface area contributed by atoms with Gasteiger partial charge >= 0.3 is 11.9 Å². The van der Waals surface area contributed by atoms with Crippen molar-refractivity contribution in [3.8, 4) is 0 Å². The first kappa shape index (κ1) is 58.4. The normalized spacial score (nSPS) is 20.0. The predicted molar refractivity (Wildman–Crippen MR) is 256 cm³/mol. The van der Waals surface area contributed by atoms with Crippen LogP contribution in [0.5, 0.6) is 0 Å². The van der Waals surface area contributed by atoms with E-state index in [9.17, 15) is 30.0 Å². The number of hydrogen-bond donors (Lipinski definition) is 4. The van der Waals surface area contributed by atoms with Crippen LogP contribution in [0, 0.1) is 0 Å². The number of unbranched alkanes of at least 4 members (excludes halogenated alkanes) is 21. The van der Waals surface area contributed by atoms with Crippen LogP contribution in [0.15, 0.2) is 60.8 Å². The maximum atomic E-state index is 12.8. The minimum absolute atomic E-state index is 0.197. The van der Waals surface area contributed by atoms with Gasteiger partial charge in [0.15, 0.2) is 12.4 Å². The topological polar surface area (TPSA) is 152 Å². The van der Waals surface area contributed by atoms with Crippen LogP contribution < -0.4 is 0 Å². The molecule has 1 aliphatic rings. The molecule has 0 aromatic carbocycles. The third-order valence-electron chi connectivity index (χ3n) is 11.4. The second-order valence-electron chi connectivity index (χ2n) is 17.3. The summed E-state index contributed by atoms with van der Waals surface area (Å²) in [7, 11) is 0. The highest BCUT2D eigenvalue weighted by atomic mass is 16.7. The highest BCUT2D eigenvalue weighted by Crippen LogP contribution is 2.23. The van der Waals surface area contributed by atoms with Crippen LogP contribution in [0.1, 0.15) is 206 Å². The van der Waals surface area contributed by atoms with Gasteiger partial charge in [0.2, 0.25) is 0 Å². The van der Waals surface area contributed by atoms with Gasteiger partial charge in [0.05, 0.1) is 13.2 Å². The summed E-state index contributed by atoms with van der Waals surface area (Å²) in [5.74, 6) is -0.876. The number of hydrogen-bond acceptors (Lipinski definition) is 10. The molecular weight excluding hydrogens is 797 g/mol. The molecule has 0 spiro atoms. The molecule has 0 radical (unpaired) electrons. The molecule has 10 nitrogen and oxygen atoms in total. The van der Waals surface area contributed by atoms with Gasteiger partial charge in [0, 0.05) is 12.8 Å². The number of aliphatic hydroxyl groups excluding tert-OH is 4. The molecule has 1 rings (SSSR count). The fourth-order valence-corrected chi connectivity index (χ4v) is 7.35. The van der Waals surface area contributed by atoms with E-state index in [1.165, 1.54) is 116 Å².